The predicted octanol–water partition coefficient (Wildman–Crippen LogP) is 1.38. The van der Waals surface area contributed by atoms with Gasteiger partial charge in [0.1, 0.15) is 0 Å². The molecule has 1 heterocycles. The van der Waals surface area contributed by atoms with E-state index in [1.54, 1.807) is 17.8 Å². The van der Waals surface area contributed by atoms with E-state index in [0.717, 1.165) is 11.3 Å². The quantitative estimate of drug-likeness (QED) is 0.819. The maximum atomic E-state index is 9.47. The van der Waals surface area contributed by atoms with Crippen LogP contribution in [0.4, 0.5) is 0 Å². The Hall–Kier alpha value is -1.68. The summed E-state index contributed by atoms with van der Waals surface area (Å²) < 4.78 is 1.71. The summed E-state index contributed by atoms with van der Waals surface area (Å²) in [6.07, 6.45) is 1.05. The molecule has 1 atom stereocenters. The molecule has 1 N–H and O–H groups in total. The molecule has 0 radical (unpaired) electrons. The van der Waals surface area contributed by atoms with Crippen molar-refractivity contribution in [3.63, 3.8) is 0 Å². The largest absolute Gasteiger partial charge is 0.387 e. The highest BCUT2D eigenvalue weighted by Crippen LogP contribution is 2.11. The second-order valence-electron chi connectivity index (χ2n) is 3.48. The molecule has 78 valence electrons. The van der Waals surface area contributed by atoms with Gasteiger partial charge in [0.2, 0.25) is 0 Å². The molecule has 0 saturated carbocycles. The summed E-state index contributed by atoms with van der Waals surface area (Å²) in [6, 6.07) is 9.98. The Balaban J connectivity index is 2.21. The highest BCUT2D eigenvalue weighted by Gasteiger charge is 2.08. The Morgan fingerprint density at radius 3 is 2.73 bits per heavy atom. The number of hydrogen-bond donors (Lipinski definition) is 1. The van der Waals surface area contributed by atoms with Gasteiger partial charge < -0.3 is 5.11 Å². The van der Waals surface area contributed by atoms with Gasteiger partial charge in [-0.2, -0.15) is 0 Å². The van der Waals surface area contributed by atoms with Crippen LogP contribution in [0.5, 0.6) is 0 Å². The minimum absolute atomic E-state index is 0.538. The van der Waals surface area contributed by atoms with Crippen LogP contribution in [0.15, 0.2) is 36.5 Å². The number of nitrogens with zero attached hydrogens (tertiary/aromatic N) is 3. The van der Waals surface area contributed by atoms with E-state index < -0.39 is 6.10 Å². The fourth-order valence-electron chi connectivity index (χ4n) is 1.47. The molecule has 0 aliphatic heterocycles. The van der Waals surface area contributed by atoms with Gasteiger partial charge in [-0.25, -0.2) is 4.68 Å². The predicted molar refractivity (Wildman–Crippen MR) is 56.2 cm³/mol. The van der Waals surface area contributed by atoms with Crippen molar-refractivity contribution in [3.8, 4) is 0 Å². The summed E-state index contributed by atoms with van der Waals surface area (Å²) in [5, 5.41) is 17.2. The molecule has 4 heteroatoms. The van der Waals surface area contributed by atoms with Crippen molar-refractivity contribution in [1.29, 1.82) is 0 Å². The minimum Gasteiger partial charge on any atom is -0.387 e. The Morgan fingerprint density at radius 1 is 1.33 bits per heavy atom. The van der Waals surface area contributed by atoms with Gasteiger partial charge in [0.05, 0.1) is 24.5 Å². The monoisotopic (exact) mass is 203 g/mol. The fourth-order valence-corrected chi connectivity index (χ4v) is 1.47. The number of rotatable bonds is 3. The Kier molecular flexibility index (Phi) is 2.78. The lowest BCUT2D eigenvalue weighted by Gasteiger charge is -2.07. The van der Waals surface area contributed by atoms with Crippen molar-refractivity contribution < 1.29 is 5.11 Å². The summed E-state index contributed by atoms with van der Waals surface area (Å²) in [7, 11) is 0. The van der Waals surface area contributed by atoms with Crippen LogP contribution in [-0.2, 0) is 6.54 Å². The van der Waals surface area contributed by atoms with Crippen LogP contribution < -0.4 is 0 Å². The molecule has 0 fully saturated rings. The molecule has 0 amide bonds. The molecule has 0 saturated heterocycles. The van der Waals surface area contributed by atoms with Gasteiger partial charge in [-0.15, -0.1) is 5.10 Å². The van der Waals surface area contributed by atoms with Gasteiger partial charge in [-0.05, 0) is 12.5 Å². The van der Waals surface area contributed by atoms with E-state index in [9.17, 15) is 5.11 Å². The van der Waals surface area contributed by atoms with Crippen molar-refractivity contribution >= 4 is 0 Å². The summed E-state index contributed by atoms with van der Waals surface area (Å²) >= 11 is 0. The second kappa shape index (κ2) is 4.23. The van der Waals surface area contributed by atoms with E-state index in [1.165, 1.54) is 0 Å². The molecule has 1 aromatic carbocycles. The Morgan fingerprint density at radius 2 is 2.07 bits per heavy atom. The van der Waals surface area contributed by atoms with Crippen molar-refractivity contribution in [2.75, 3.05) is 0 Å². The average molecular weight is 203 g/mol. The molecule has 2 aromatic rings. The van der Waals surface area contributed by atoms with Gasteiger partial charge in [0.25, 0.3) is 0 Å². The molecule has 2 rings (SSSR count). The maximum absolute atomic E-state index is 9.47. The lowest BCUT2D eigenvalue weighted by atomic mass is 10.2. The first kappa shape index (κ1) is 9.86. The smallest absolute Gasteiger partial charge is 0.0945 e. The van der Waals surface area contributed by atoms with Crippen LogP contribution in [0.25, 0.3) is 0 Å². The fraction of sp³-hybridized carbons (Fsp3) is 0.273. The van der Waals surface area contributed by atoms with Gasteiger partial charge in [-0.1, -0.05) is 35.5 Å². The van der Waals surface area contributed by atoms with E-state index in [2.05, 4.69) is 10.3 Å². The van der Waals surface area contributed by atoms with E-state index >= 15 is 0 Å². The van der Waals surface area contributed by atoms with Crippen LogP contribution in [0, 0.1) is 0 Å². The Bertz CT molecular complexity index is 422. The van der Waals surface area contributed by atoms with Crippen LogP contribution in [-0.4, -0.2) is 20.1 Å². The lowest BCUT2D eigenvalue weighted by molar-refractivity contribution is 0.188. The lowest BCUT2D eigenvalue weighted by Crippen LogP contribution is -2.08. The van der Waals surface area contributed by atoms with Crippen LogP contribution >= 0.6 is 0 Å². The third kappa shape index (κ3) is 2.22. The Labute approximate surface area is 88.2 Å². The molecule has 0 aliphatic carbocycles. The number of aliphatic hydroxyl groups excluding tert-OH is 1. The van der Waals surface area contributed by atoms with E-state index in [0.29, 0.717) is 6.54 Å². The summed E-state index contributed by atoms with van der Waals surface area (Å²) in [5.74, 6) is 0. The summed E-state index contributed by atoms with van der Waals surface area (Å²) in [5.41, 5.74) is 1.88. The van der Waals surface area contributed by atoms with E-state index in [1.807, 2.05) is 30.3 Å². The van der Waals surface area contributed by atoms with Crippen LogP contribution in [0.3, 0.4) is 0 Å². The first-order chi connectivity index (χ1) is 7.27. The zero-order valence-electron chi connectivity index (χ0n) is 8.54. The van der Waals surface area contributed by atoms with Gasteiger partial charge >= 0.3 is 0 Å². The molecule has 1 aromatic heterocycles. The molecule has 0 unspecified atom stereocenters. The SMILES string of the molecule is C[C@H](O)c1cnnn1Cc1ccccc1. The number of benzene rings is 1. The highest BCUT2D eigenvalue weighted by molar-refractivity contribution is 5.15. The van der Waals surface area contributed by atoms with E-state index in [-0.39, 0.29) is 0 Å². The molecular weight excluding hydrogens is 190 g/mol. The molecule has 0 aliphatic rings. The van der Waals surface area contributed by atoms with Crippen molar-refractivity contribution in [2.24, 2.45) is 0 Å². The van der Waals surface area contributed by atoms with Crippen molar-refractivity contribution in [1.82, 2.24) is 15.0 Å². The summed E-state index contributed by atoms with van der Waals surface area (Å²) in [4.78, 5) is 0. The molecular formula is C11H13N3O. The van der Waals surface area contributed by atoms with Crippen molar-refractivity contribution in [3.05, 3.63) is 47.8 Å². The molecule has 0 spiro atoms. The first-order valence-electron chi connectivity index (χ1n) is 4.88. The topological polar surface area (TPSA) is 50.9 Å². The van der Waals surface area contributed by atoms with Gasteiger partial charge in [-0.3, -0.25) is 0 Å². The standard InChI is InChI=1S/C11H13N3O/c1-9(15)11-7-12-13-14(11)8-10-5-3-2-4-6-10/h2-7,9,15H,8H2,1H3/t9-/m0/s1. The normalized spacial score (nSPS) is 12.7. The van der Waals surface area contributed by atoms with Crippen LogP contribution in [0.1, 0.15) is 24.3 Å². The first-order valence-corrected chi connectivity index (χ1v) is 4.88. The minimum atomic E-state index is -0.538. The van der Waals surface area contributed by atoms with E-state index in [4.69, 9.17) is 0 Å². The third-order valence-corrected chi connectivity index (χ3v) is 2.25. The van der Waals surface area contributed by atoms with Gasteiger partial charge in [0.15, 0.2) is 0 Å². The number of aliphatic hydroxyl groups is 1. The van der Waals surface area contributed by atoms with Crippen LogP contribution in [0.2, 0.25) is 0 Å². The number of aromatic nitrogens is 3. The second-order valence-corrected chi connectivity index (χ2v) is 3.48. The third-order valence-electron chi connectivity index (χ3n) is 2.25. The molecule has 15 heavy (non-hydrogen) atoms. The number of hydrogen-bond acceptors (Lipinski definition) is 3. The van der Waals surface area contributed by atoms with Crippen molar-refractivity contribution in [2.45, 2.75) is 19.6 Å². The van der Waals surface area contributed by atoms with Gasteiger partial charge in [0, 0.05) is 0 Å². The zero-order chi connectivity index (χ0) is 10.7. The summed E-state index contributed by atoms with van der Waals surface area (Å²) in [6.45, 7) is 2.35. The highest BCUT2D eigenvalue weighted by atomic mass is 16.3. The molecule has 0 bridgehead atoms. The average Bonchev–Trinajstić information content (AvgIpc) is 2.67. The zero-order valence-corrected chi connectivity index (χ0v) is 8.54. The molecule has 4 nitrogen and oxygen atoms in total. The maximum Gasteiger partial charge on any atom is 0.0945 e.